The number of aromatic nitrogens is 1. The quantitative estimate of drug-likeness (QED) is 0.815. The molecule has 6 heteroatoms. The second kappa shape index (κ2) is 6.32. The normalized spacial score (nSPS) is 10.4. The van der Waals surface area contributed by atoms with E-state index in [0.717, 1.165) is 17.5 Å². The Hall–Kier alpha value is -2.47. The molecule has 0 bridgehead atoms. The third kappa shape index (κ3) is 3.17. The molecular weight excluding hydrogens is 274 g/mol. The SMILES string of the molecule is COc1ccc(COc2cn(O)c(CO)c(C)c2=O)cc1. The van der Waals surface area contributed by atoms with Gasteiger partial charge in [0.2, 0.25) is 5.43 Å². The summed E-state index contributed by atoms with van der Waals surface area (Å²) in [5.41, 5.74) is 0.922. The lowest BCUT2D eigenvalue weighted by Crippen LogP contribution is -2.18. The molecule has 0 atom stereocenters. The molecule has 6 nitrogen and oxygen atoms in total. The van der Waals surface area contributed by atoms with Gasteiger partial charge in [0.05, 0.1) is 25.6 Å². The summed E-state index contributed by atoms with van der Waals surface area (Å²) in [6.45, 7) is 1.30. The maximum absolute atomic E-state index is 12.0. The molecule has 112 valence electrons. The number of aliphatic hydroxyl groups excluding tert-OH is 1. The van der Waals surface area contributed by atoms with E-state index in [1.54, 1.807) is 19.2 Å². The lowest BCUT2D eigenvalue weighted by atomic mass is 10.2. The van der Waals surface area contributed by atoms with Gasteiger partial charge < -0.3 is 19.8 Å². The molecule has 0 saturated carbocycles. The molecule has 0 aliphatic heterocycles. The van der Waals surface area contributed by atoms with Crippen LogP contribution in [0.15, 0.2) is 35.3 Å². The summed E-state index contributed by atoms with van der Waals surface area (Å²) in [6.07, 6.45) is 1.16. The average Bonchev–Trinajstić information content (AvgIpc) is 2.50. The lowest BCUT2D eigenvalue weighted by Gasteiger charge is -2.12. The number of methoxy groups -OCH3 is 1. The maximum atomic E-state index is 12.0. The van der Waals surface area contributed by atoms with Gasteiger partial charge >= 0.3 is 0 Å². The zero-order valence-electron chi connectivity index (χ0n) is 11.9. The molecule has 1 aromatic heterocycles. The van der Waals surface area contributed by atoms with Crippen molar-refractivity contribution in [3.8, 4) is 11.5 Å². The van der Waals surface area contributed by atoms with Crippen LogP contribution in [0.2, 0.25) is 0 Å². The fourth-order valence-electron chi connectivity index (χ4n) is 1.91. The first-order chi connectivity index (χ1) is 10.1. The highest BCUT2D eigenvalue weighted by atomic mass is 16.5. The van der Waals surface area contributed by atoms with Gasteiger partial charge in [-0.3, -0.25) is 4.79 Å². The minimum absolute atomic E-state index is 0.0306. The van der Waals surface area contributed by atoms with Gasteiger partial charge in [0.15, 0.2) is 5.75 Å². The van der Waals surface area contributed by atoms with E-state index in [1.165, 1.54) is 6.92 Å². The van der Waals surface area contributed by atoms with Crippen LogP contribution in [0.1, 0.15) is 16.8 Å². The summed E-state index contributed by atoms with van der Waals surface area (Å²) in [5, 5.41) is 18.8. The molecule has 21 heavy (non-hydrogen) atoms. The lowest BCUT2D eigenvalue weighted by molar-refractivity contribution is 0.145. The number of hydrogen-bond donors (Lipinski definition) is 2. The molecule has 0 spiro atoms. The third-order valence-electron chi connectivity index (χ3n) is 3.22. The van der Waals surface area contributed by atoms with Crippen molar-refractivity contribution in [2.75, 3.05) is 7.11 Å². The molecule has 2 aromatic rings. The Bertz CT molecular complexity index is 676. The second-order valence-corrected chi connectivity index (χ2v) is 4.53. The predicted molar refractivity (Wildman–Crippen MR) is 75.9 cm³/mol. The minimum atomic E-state index is -0.420. The topological polar surface area (TPSA) is 80.9 Å². The third-order valence-corrected chi connectivity index (χ3v) is 3.22. The van der Waals surface area contributed by atoms with E-state index in [0.29, 0.717) is 4.73 Å². The average molecular weight is 291 g/mol. The highest BCUT2D eigenvalue weighted by Crippen LogP contribution is 2.14. The predicted octanol–water partition coefficient (Wildman–Crippen LogP) is 1.47. The number of nitrogens with zero attached hydrogens (tertiary/aromatic N) is 1. The fraction of sp³-hybridized carbons (Fsp3) is 0.267. The fourth-order valence-corrected chi connectivity index (χ4v) is 1.91. The molecule has 0 saturated heterocycles. The summed E-state index contributed by atoms with van der Waals surface area (Å²) >= 11 is 0. The monoisotopic (exact) mass is 291 g/mol. The van der Waals surface area contributed by atoms with Gasteiger partial charge in [-0.2, -0.15) is 4.73 Å². The van der Waals surface area contributed by atoms with Crippen LogP contribution in [0.3, 0.4) is 0 Å². The summed E-state index contributed by atoms with van der Waals surface area (Å²) in [5.74, 6) is 0.766. The van der Waals surface area contributed by atoms with Gasteiger partial charge in [0.1, 0.15) is 12.4 Å². The smallest absolute Gasteiger partial charge is 0.226 e. The molecule has 1 heterocycles. The number of benzene rings is 1. The van der Waals surface area contributed by atoms with Crippen molar-refractivity contribution in [2.45, 2.75) is 20.1 Å². The Morgan fingerprint density at radius 2 is 1.90 bits per heavy atom. The van der Waals surface area contributed by atoms with E-state index >= 15 is 0 Å². The van der Waals surface area contributed by atoms with E-state index in [2.05, 4.69) is 0 Å². The van der Waals surface area contributed by atoms with E-state index in [-0.39, 0.29) is 29.0 Å². The summed E-state index contributed by atoms with van der Waals surface area (Å²) in [4.78, 5) is 12.0. The number of ether oxygens (including phenoxy) is 2. The van der Waals surface area contributed by atoms with Gasteiger partial charge in [-0.05, 0) is 24.6 Å². The first kappa shape index (κ1) is 14.9. The van der Waals surface area contributed by atoms with Crippen molar-refractivity contribution in [2.24, 2.45) is 0 Å². The number of rotatable bonds is 5. The van der Waals surface area contributed by atoms with Crippen LogP contribution >= 0.6 is 0 Å². The Labute approximate surface area is 121 Å². The van der Waals surface area contributed by atoms with E-state index in [4.69, 9.17) is 14.6 Å². The van der Waals surface area contributed by atoms with Gasteiger partial charge in [-0.1, -0.05) is 12.1 Å². The van der Waals surface area contributed by atoms with E-state index in [1.807, 2.05) is 12.1 Å². The molecule has 0 amide bonds. The molecule has 0 radical (unpaired) electrons. The van der Waals surface area contributed by atoms with Crippen LogP contribution < -0.4 is 14.9 Å². The van der Waals surface area contributed by atoms with Gasteiger partial charge in [-0.15, -0.1) is 0 Å². The maximum Gasteiger partial charge on any atom is 0.226 e. The molecular formula is C15H17NO5. The van der Waals surface area contributed by atoms with Crippen LogP contribution in [-0.4, -0.2) is 22.2 Å². The second-order valence-electron chi connectivity index (χ2n) is 4.53. The minimum Gasteiger partial charge on any atom is -0.497 e. The van der Waals surface area contributed by atoms with E-state index in [9.17, 15) is 10.0 Å². The first-order valence-corrected chi connectivity index (χ1v) is 6.37. The Kier molecular flexibility index (Phi) is 4.49. The van der Waals surface area contributed by atoms with Crippen molar-refractivity contribution >= 4 is 0 Å². The van der Waals surface area contributed by atoms with Gasteiger partial charge in [0.25, 0.3) is 0 Å². The Balaban J connectivity index is 2.18. The number of aliphatic hydroxyl groups is 1. The molecule has 0 aliphatic rings. The summed E-state index contributed by atoms with van der Waals surface area (Å²) in [7, 11) is 1.58. The molecule has 0 aliphatic carbocycles. The molecule has 0 fully saturated rings. The highest BCUT2D eigenvalue weighted by molar-refractivity contribution is 5.30. The van der Waals surface area contributed by atoms with Crippen LogP contribution in [0.25, 0.3) is 0 Å². The van der Waals surface area contributed by atoms with E-state index < -0.39 is 6.61 Å². The van der Waals surface area contributed by atoms with Gasteiger partial charge in [-0.25, -0.2) is 0 Å². The van der Waals surface area contributed by atoms with Crippen LogP contribution in [0.5, 0.6) is 11.5 Å². The highest BCUT2D eigenvalue weighted by Gasteiger charge is 2.12. The van der Waals surface area contributed by atoms with Crippen molar-refractivity contribution in [3.63, 3.8) is 0 Å². The Morgan fingerprint density at radius 1 is 1.24 bits per heavy atom. The standard InChI is InChI=1S/C15H17NO5/c1-10-13(8-17)16(19)7-14(15(10)18)21-9-11-3-5-12(20-2)6-4-11/h3-7,17,19H,8-9H2,1-2H3. The number of hydrogen-bond acceptors (Lipinski definition) is 5. The zero-order chi connectivity index (χ0) is 15.4. The zero-order valence-corrected chi connectivity index (χ0v) is 11.9. The summed E-state index contributed by atoms with van der Waals surface area (Å²) < 4.78 is 11.2. The largest absolute Gasteiger partial charge is 0.497 e. The molecule has 1 aromatic carbocycles. The van der Waals surface area contributed by atoms with Crippen LogP contribution in [0, 0.1) is 6.92 Å². The van der Waals surface area contributed by atoms with Crippen molar-refractivity contribution in [1.29, 1.82) is 0 Å². The Morgan fingerprint density at radius 3 is 2.48 bits per heavy atom. The first-order valence-electron chi connectivity index (χ1n) is 6.37. The molecule has 0 unspecified atom stereocenters. The van der Waals surface area contributed by atoms with Gasteiger partial charge in [0, 0.05) is 5.56 Å². The van der Waals surface area contributed by atoms with Crippen molar-refractivity contribution in [1.82, 2.24) is 4.73 Å². The van der Waals surface area contributed by atoms with Crippen LogP contribution in [-0.2, 0) is 13.2 Å². The summed E-state index contributed by atoms with van der Waals surface area (Å²) in [6, 6.07) is 7.24. The van der Waals surface area contributed by atoms with Crippen LogP contribution in [0.4, 0.5) is 0 Å². The van der Waals surface area contributed by atoms with Crippen molar-refractivity contribution in [3.05, 3.63) is 57.5 Å². The molecule has 2 N–H and O–H groups in total. The van der Waals surface area contributed by atoms with Crippen molar-refractivity contribution < 1.29 is 19.8 Å². The number of pyridine rings is 1. The molecule has 2 rings (SSSR count).